The number of aryl methyl sites for hydroxylation is 1. The van der Waals surface area contributed by atoms with E-state index in [2.05, 4.69) is 0 Å². The number of Topliss-reactive ketones (excluding diaryl/α,β-unsaturated/α-hetero) is 2. The summed E-state index contributed by atoms with van der Waals surface area (Å²) in [7, 11) is 1.54. The zero-order chi connectivity index (χ0) is 11.3. The molecule has 0 atom stereocenters. The maximum atomic E-state index is 11.6. The Morgan fingerprint density at radius 2 is 2.20 bits per heavy atom. The first-order valence-electron chi connectivity index (χ1n) is 4.72. The van der Waals surface area contributed by atoms with Gasteiger partial charge in [0, 0.05) is 29.4 Å². The van der Waals surface area contributed by atoms with Gasteiger partial charge in [-0.1, -0.05) is 0 Å². The highest BCUT2D eigenvalue weighted by Crippen LogP contribution is 2.15. The van der Waals surface area contributed by atoms with Gasteiger partial charge in [-0.05, 0) is 13.0 Å². The Labute approximate surface area is 93.1 Å². The van der Waals surface area contributed by atoms with Crippen molar-refractivity contribution < 1.29 is 14.3 Å². The monoisotopic (exact) mass is 226 g/mol. The quantitative estimate of drug-likeness (QED) is 0.552. The third-order valence-corrected chi connectivity index (χ3v) is 2.86. The predicted octanol–water partition coefficient (Wildman–Crippen LogP) is 2.23. The Morgan fingerprint density at radius 3 is 2.73 bits per heavy atom. The summed E-state index contributed by atoms with van der Waals surface area (Å²) in [5, 5.41) is 1.79. The second kappa shape index (κ2) is 5.78. The van der Waals surface area contributed by atoms with E-state index in [9.17, 15) is 9.59 Å². The summed E-state index contributed by atoms with van der Waals surface area (Å²) in [4.78, 5) is 24.0. The van der Waals surface area contributed by atoms with Crippen molar-refractivity contribution in [3.05, 3.63) is 21.9 Å². The van der Waals surface area contributed by atoms with Gasteiger partial charge in [0.25, 0.3) is 0 Å². The molecule has 0 amide bonds. The molecule has 0 radical (unpaired) electrons. The molecule has 0 aliphatic heterocycles. The molecule has 0 saturated carbocycles. The molecule has 1 aromatic heterocycles. The number of ketones is 2. The Hall–Kier alpha value is -1.00. The van der Waals surface area contributed by atoms with E-state index in [-0.39, 0.29) is 18.0 Å². The fraction of sp³-hybridized carbons (Fsp3) is 0.455. The van der Waals surface area contributed by atoms with Crippen LogP contribution in [0.25, 0.3) is 0 Å². The zero-order valence-electron chi connectivity index (χ0n) is 8.91. The van der Waals surface area contributed by atoms with Crippen LogP contribution >= 0.6 is 11.3 Å². The number of carbonyl (C=O) groups excluding carboxylic acids is 2. The van der Waals surface area contributed by atoms with Crippen molar-refractivity contribution >= 4 is 22.9 Å². The summed E-state index contributed by atoms with van der Waals surface area (Å²) < 4.78 is 4.77. The number of thiophene rings is 1. The standard InChI is InChI=1S/C11H14O3S/c1-8-5-9(7-15-8)11(13)6-10(12)3-4-14-2/h5,7H,3-4,6H2,1-2H3. The molecule has 1 heterocycles. The van der Waals surface area contributed by atoms with E-state index in [1.165, 1.54) is 18.4 Å². The lowest BCUT2D eigenvalue weighted by atomic mass is 10.1. The minimum absolute atomic E-state index is 0.0144. The van der Waals surface area contributed by atoms with E-state index in [4.69, 9.17) is 4.74 Å². The number of hydrogen-bond acceptors (Lipinski definition) is 4. The summed E-state index contributed by atoms with van der Waals surface area (Å²) in [6, 6.07) is 1.82. The summed E-state index contributed by atoms with van der Waals surface area (Å²) in [6.07, 6.45) is 0.297. The number of carbonyl (C=O) groups is 2. The molecule has 4 heteroatoms. The molecule has 0 saturated heterocycles. The van der Waals surface area contributed by atoms with Crippen molar-refractivity contribution in [1.29, 1.82) is 0 Å². The molecular formula is C11H14O3S. The van der Waals surface area contributed by atoms with E-state index in [0.717, 1.165) is 4.88 Å². The summed E-state index contributed by atoms with van der Waals surface area (Å²) >= 11 is 1.52. The van der Waals surface area contributed by atoms with Gasteiger partial charge in [0.05, 0.1) is 13.0 Å². The van der Waals surface area contributed by atoms with Gasteiger partial charge in [-0.3, -0.25) is 9.59 Å². The number of methoxy groups -OCH3 is 1. The van der Waals surface area contributed by atoms with E-state index in [1.807, 2.05) is 13.0 Å². The van der Waals surface area contributed by atoms with Crippen molar-refractivity contribution in [2.24, 2.45) is 0 Å². The molecule has 1 rings (SSSR count). The van der Waals surface area contributed by atoms with Crippen LogP contribution in [0.2, 0.25) is 0 Å². The molecule has 0 aromatic carbocycles. The van der Waals surface area contributed by atoms with Crippen LogP contribution in [0.1, 0.15) is 28.1 Å². The summed E-state index contributed by atoms with van der Waals surface area (Å²) in [5.41, 5.74) is 0.642. The first kappa shape index (κ1) is 12.1. The summed E-state index contributed by atoms with van der Waals surface area (Å²) in [6.45, 7) is 2.32. The Bertz CT molecular complexity index is 354. The van der Waals surface area contributed by atoms with E-state index >= 15 is 0 Å². The smallest absolute Gasteiger partial charge is 0.171 e. The molecule has 0 fully saturated rings. The van der Waals surface area contributed by atoms with Crippen molar-refractivity contribution in [2.45, 2.75) is 19.8 Å². The molecule has 0 bridgehead atoms. The molecule has 0 N–H and O–H groups in total. The van der Waals surface area contributed by atoms with E-state index < -0.39 is 0 Å². The highest BCUT2D eigenvalue weighted by atomic mass is 32.1. The normalized spacial score (nSPS) is 10.3. The molecule has 0 spiro atoms. The number of rotatable bonds is 6. The third-order valence-electron chi connectivity index (χ3n) is 2.00. The van der Waals surface area contributed by atoms with Crippen molar-refractivity contribution in [1.82, 2.24) is 0 Å². The number of hydrogen-bond donors (Lipinski definition) is 0. The number of ether oxygens (including phenoxy) is 1. The van der Waals surface area contributed by atoms with Gasteiger partial charge >= 0.3 is 0 Å². The fourth-order valence-corrected chi connectivity index (χ4v) is 1.88. The van der Waals surface area contributed by atoms with E-state index in [1.54, 1.807) is 5.38 Å². The topological polar surface area (TPSA) is 43.4 Å². The van der Waals surface area contributed by atoms with Crippen LogP contribution in [0, 0.1) is 6.92 Å². The second-order valence-corrected chi connectivity index (χ2v) is 4.44. The molecule has 0 unspecified atom stereocenters. The average molecular weight is 226 g/mol. The predicted molar refractivity (Wildman–Crippen MR) is 59.5 cm³/mol. The molecule has 0 aliphatic carbocycles. The molecule has 1 aromatic rings. The Balaban J connectivity index is 2.45. The molecule has 15 heavy (non-hydrogen) atoms. The lowest BCUT2D eigenvalue weighted by molar-refractivity contribution is -0.119. The SMILES string of the molecule is COCCC(=O)CC(=O)c1csc(C)c1. The highest BCUT2D eigenvalue weighted by molar-refractivity contribution is 7.10. The van der Waals surface area contributed by atoms with E-state index in [0.29, 0.717) is 18.6 Å². The fourth-order valence-electron chi connectivity index (χ4n) is 1.18. The van der Waals surface area contributed by atoms with Crippen LogP contribution in [-0.2, 0) is 9.53 Å². The van der Waals surface area contributed by atoms with Crippen molar-refractivity contribution in [2.75, 3.05) is 13.7 Å². The lowest BCUT2D eigenvalue weighted by Gasteiger charge is -1.98. The van der Waals surface area contributed by atoms with Crippen molar-refractivity contribution in [3.63, 3.8) is 0 Å². The average Bonchev–Trinajstić information content (AvgIpc) is 2.61. The zero-order valence-corrected chi connectivity index (χ0v) is 9.73. The highest BCUT2D eigenvalue weighted by Gasteiger charge is 2.12. The largest absolute Gasteiger partial charge is 0.384 e. The van der Waals surface area contributed by atoms with Gasteiger partial charge in [0.15, 0.2) is 5.78 Å². The molecular weight excluding hydrogens is 212 g/mol. The minimum atomic E-state index is -0.0968. The minimum Gasteiger partial charge on any atom is -0.384 e. The second-order valence-electron chi connectivity index (χ2n) is 3.33. The van der Waals surface area contributed by atoms with Crippen LogP contribution in [0.3, 0.4) is 0 Å². The maximum absolute atomic E-state index is 11.6. The Morgan fingerprint density at radius 1 is 1.47 bits per heavy atom. The van der Waals surface area contributed by atoms with Crippen LogP contribution in [0.15, 0.2) is 11.4 Å². The van der Waals surface area contributed by atoms with Gasteiger partial charge in [-0.25, -0.2) is 0 Å². The molecule has 3 nitrogen and oxygen atoms in total. The van der Waals surface area contributed by atoms with Gasteiger partial charge < -0.3 is 4.74 Å². The first-order valence-corrected chi connectivity index (χ1v) is 5.60. The maximum Gasteiger partial charge on any atom is 0.171 e. The van der Waals surface area contributed by atoms with Gasteiger partial charge in [0.1, 0.15) is 5.78 Å². The van der Waals surface area contributed by atoms with Gasteiger partial charge in [-0.2, -0.15) is 0 Å². The lowest BCUT2D eigenvalue weighted by Crippen LogP contribution is -2.09. The van der Waals surface area contributed by atoms with Crippen LogP contribution < -0.4 is 0 Å². The van der Waals surface area contributed by atoms with Crippen LogP contribution in [-0.4, -0.2) is 25.3 Å². The summed E-state index contributed by atoms with van der Waals surface area (Å²) in [5.74, 6) is -0.161. The Kier molecular flexibility index (Phi) is 4.65. The van der Waals surface area contributed by atoms with Crippen molar-refractivity contribution in [3.8, 4) is 0 Å². The first-order chi connectivity index (χ1) is 7.13. The van der Waals surface area contributed by atoms with Gasteiger partial charge in [-0.15, -0.1) is 11.3 Å². The molecule has 82 valence electrons. The van der Waals surface area contributed by atoms with Crippen LogP contribution in [0.4, 0.5) is 0 Å². The van der Waals surface area contributed by atoms with Gasteiger partial charge in [0.2, 0.25) is 0 Å². The van der Waals surface area contributed by atoms with Crippen LogP contribution in [0.5, 0.6) is 0 Å². The third kappa shape index (κ3) is 3.93. The molecule has 0 aliphatic rings.